The van der Waals surface area contributed by atoms with Crippen molar-refractivity contribution in [1.29, 1.82) is 0 Å². The summed E-state index contributed by atoms with van der Waals surface area (Å²) in [5.74, 6) is -1.05. The second-order valence-electron chi connectivity index (χ2n) is 5.07. The first-order chi connectivity index (χ1) is 9.03. The van der Waals surface area contributed by atoms with Gasteiger partial charge in [-0.25, -0.2) is 9.59 Å². The Balaban J connectivity index is 2.32. The fraction of sp³-hybridized carbons (Fsp3) is 0.385. The van der Waals surface area contributed by atoms with Crippen molar-refractivity contribution < 1.29 is 14.6 Å². The van der Waals surface area contributed by atoms with E-state index in [9.17, 15) is 9.59 Å². The van der Waals surface area contributed by atoms with Crippen LogP contribution in [0.25, 0.3) is 11.0 Å². The summed E-state index contributed by atoms with van der Waals surface area (Å²) in [6, 6.07) is 4.89. The molecule has 6 nitrogen and oxygen atoms in total. The maximum absolute atomic E-state index is 12.2. The molecule has 0 aliphatic carbocycles. The first-order valence-electron chi connectivity index (χ1n) is 6.08. The molecule has 1 fully saturated rings. The Morgan fingerprint density at radius 2 is 2.32 bits per heavy atom. The highest BCUT2D eigenvalue weighted by molar-refractivity contribution is 6.00. The molecule has 6 heteroatoms. The minimum absolute atomic E-state index is 0.107. The molecular formula is C13H14N2O4. The van der Waals surface area contributed by atoms with Crippen molar-refractivity contribution in [2.45, 2.75) is 18.9 Å². The Kier molecular flexibility index (Phi) is 2.50. The molecule has 19 heavy (non-hydrogen) atoms. The summed E-state index contributed by atoms with van der Waals surface area (Å²) < 4.78 is 6.99. The topological polar surface area (TPSA) is 84.3 Å². The second-order valence-corrected chi connectivity index (χ2v) is 5.07. The molecule has 2 heterocycles. The first kappa shape index (κ1) is 12.0. The van der Waals surface area contributed by atoms with Crippen LogP contribution in [0.1, 0.15) is 23.7 Å². The molecule has 0 amide bonds. The minimum Gasteiger partial charge on any atom is -0.478 e. The van der Waals surface area contributed by atoms with Crippen molar-refractivity contribution >= 4 is 17.0 Å². The summed E-state index contributed by atoms with van der Waals surface area (Å²) in [4.78, 5) is 26.0. The van der Waals surface area contributed by atoms with Gasteiger partial charge in [0.2, 0.25) is 0 Å². The number of nitrogens with zero attached hydrogens (tertiary/aromatic N) is 1. The average Bonchev–Trinajstić information content (AvgIpc) is 2.91. The van der Waals surface area contributed by atoms with Gasteiger partial charge >= 0.3 is 11.7 Å². The number of hydrogen-bond donors (Lipinski definition) is 2. The zero-order chi connectivity index (χ0) is 13.6. The van der Waals surface area contributed by atoms with Gasteiger partial charge in [0.25, 0.3) is 0 Å². The molecule has 0 bridgehead atoms. The molecule has 1 atom stereocenters. The quantitative estimate of drug-likeness (QED) is 0.850. The number of rotatable bonds is 2. The van der Waals surface area contributed by atoms with Crippen LogP contribution >= 0.6 is 0 Å². The molecule has 1 aliphatic rings. The highest BCUT2D eigenvalue weighted by Gasteiger charge is 2.34. The molecule has 0 spiro atoms. The summed E-state index contributed by atoms with van der Waals surface area (Å²) in [7, 11) is 0. The number of carbonyl (C=O) groups is 1. The van der Waals surface area contributed by atoms with Crippen molar-refractivity contribution in [1.82, 2.24) is 9.55 Å². The smallest absolute Gasteiger partial charge is 0.337 e. The Morgan fingerprint density at radius 3 is 2.95 bits per heavy atom. The summed E-state index contributed by atoms with van der Waals surface area (Å²) in [6.45, 7) is 3.01. The number of para-hydroxylation sites is 1. The van der Waals surface area contributed by atoms with E-state index < -0.39 is 11.5 Å². The number of aromatic carboxylic acids is 1. The standard InChI is InChI=1S/C13H14N2O4/c1-13(5-6-19-7-13)15-9-4-2-3-8(11(16)17)10(9)14-12(15)18/h2-4H,5-7H2,1H3,(H,14,18)(H,16,17). The third-order valence-electron chi connectivity index (χ3n) is 3.69. The number of benzene rings is 1. The molecule has 0 saturated carbocycles. The van der Waals surface area contributed by atoms with Gasteiger partial charge < -0.3 is 14.8 Å². The number of carboxylic acid groups (broad SMARTS) is 1. The van der Waals surface area contributed by atoms with Crippen molar-refractivity contribution in [3.8, 4) is 0 Å². The number of H-pyrrole nitrogens is 1. The lowest BCUT2D eigenvalue weighted by Crippen LogP contribution is -2.37. The minimum atomic E-state index is -1.05. The Hall–Kier alpha value is -2.08. The number of nitrogens with one attached hydrogen (secondary N) is 1. The average molecular weight is 262 g/mol. The van der Waals surface area contributed by atoms with Gasteiger partial charge in [0.1, 0.15) is 0 Å². The third kappa shape index (κ3) is 1.67. The predicted molar refractivity (Wildman–Crippen MR) is 68.6 cm³/mol. The Bertz CT molecular complexity index is 707. The largest absolute Gasteiger partial charge is 0.478 e. The molecular weight excluding hydrogens is 248 g/mol. The normalized spacial score (nSPS) is 23.0. The van der Waals surface area contributed by atoms with Crippen molar-refractivity contribution in [2.24, 2.45) is 0 Å². The van der Waals surface area contributed by atoms with Crippen LogP contribution in [0.3, 0.4) is 0 Å². The van der Waals surface area contributed by atoms with Crippen LogP contribution in [0.5, 0.6) is 0 Å². The van der Waals surface area contributed by atoms with E-state index >= 15 is 0 Å². The van der Waals surface area contributed by atoms with Crippen LogP contribution in [-0.4, -0.2) is 33.8 Å². The maximum Gasteiger partial charge on any atom is 0.337 e. The molecule has 100 valence electrons. The molecule has 1 saturated heterocycles. The third-order valence-corrected chi connectivity index (χ3v) is 3.69. The van der Waals surface area contributed by atoms with E-state index in [1.807, 2.05) is 6.92 Å². The van der Waals surface area contributed by atoms with E-state index in [1.165, 1.54) is 6.07 Å². The molecule has 3 rings (SSSR count). The van der Waals surface area contributed by atoms with E-state index in [0.29, 0.717) is 24.2 Å². The monoisotopic (exact) mass is 262 g/mol. The zero-order valence-corrected chi connectivity index (χ0v) is 10.5. The Morgan fingerprint density at radius 1 is 1.53 bits per heavy atom. The number of aromatic amines is 1. The van der Waals surface area contributed by atoms with Gasteiger partial charge in [0, 0.05) is 6.61 Å². The summed E-state index contributed by atoms with van der Waals surface area (Å²) in [5.41, 5.74) is 0.366. The fourth-order valence-corrected chi connectivity index (χ4v) is 2.68. The molecule has 2 aromatic rings. The Labute approximate surface area is 108 Å². The molecule has 1 aliphatic heterocycles. The van der Waals surface area contributed by atoms with E-state index in [4.69, 9.17) is 9.84 Å². The summed E-state index contributed by atoms with van der Waals surface area (Å²) in [5, 5.41) is 9.16. The van der Waals surface area contributed by atoms with Crippen molar-refractivity contribution in [3.63, 3.8) is 0 Å². The first-order valence-corrected chi connectivity index (χ1v) is 6.08. The SMILES string of the molecule is CC1(n2c(=O)[nH]c3c(C(=O)O)cccc32)CCOC1. The van der Waals surface area contributed by atoms with Crippen LogP contribution in [0, 0.1) is 0 Å². The highest BCUT2D eigenvalue weighted by Crippen LogP contribution is 2.29. The van der Waals surface area contributed by atoms with Gasteiger partial charge in [-0.05, 0) is 25.5 Å². The highest BCUT2D eigenvalue weighted by atomic mass is 16.5. The molecule has 1 unspecified atom stereocenters. The molecule has 2 N–H and O–H groups in total. The predicted octanol–water partition coefficient (Wildman–Crippen LogP) is 1.16. The molecule has 1 aromatic carbocycles. The van der Waals surface area contributed by atoms with Gasteiger partial charge in [-0.3, -0.25) is 4.57 Å². The second kappa shape index (κ2) is 3.96. The number of aromatic nitrogens is 2. The van der Waals surface area contributed by atoms with Gasteiger partial charge in [0.15, 0.2) is 0 Å². The van der Waals surface area contributed by atoms with Crippen LogP contribution < -0.4 is 5.69 Å². The van der Waals surface area contributed by atoms with Crippen molar-refractivity contribution in [3.05, 3.63) is 34.2 Å². The van der Waals surface area contributed by atoms with E-state index in [1.54, 1.807) is 16.7 Å². The van der Waals surface area contributed by atoms with E-state index in [0.717, 1.165) is 6.42 Å². The molecule has 0 radical (unpaired) electrons. The van der Waals surface area contributed by atoms with Crippen LogP contribution in [0.4, 0.5) is 0 Å². The van der Waals surface area contributed by atoms with Gasteiger partial charge in [0.05, 0.1) is 28.7 Å². The van der Waals surface area contributed by atoms with E-state index in [-0.39, 0.29) is 11.3 Å². The zero-order valence-electron chi connectivity index (χ0n) is 10.5. The van der Waals surface area contributed by atoms with Crippen LogP contribution in [-0.2, 0) is 10.3 Å². The number of hydrogen-bond acceptors (Lipinski definition) is 3. The van der Waals surface area contributed by atoms with Gasteiger partial charge in [-0.2, -0.15) is 0 Å². The maximum atomic E-state index is 12.2. The number of imidazole rings is 1. The van der Waals surface area contributed by atoms with Crippen LogP contribution in [0.2, 0.25) is 0 Å². The van der Waals surface area contributed by atoms with Gasteiger partial charge in [-0.15, -0.1) is 0 Å². The van der Waals surface area contributed by atoms with Gasteiger partial charge in [-0.1, -0.05) is 6.07 Å². The lowest BCUT2D eigenvalue weighted by molar-refractivity contribution is 0.0699. The van der Waals surface area contributed by atoms with Crippen molar-refractivity contribution in [2.75, 3.05) is 13.2 Å². The molecule has 1 aromatic heterocycles. The lowest BCUT2D eigenvalue weighted by atomic mass is 10.0. The summed E-state index contributed by atoms with van der Waals surface area (Å²) >= 11 is 0. The number of carboxylic acids is 1. The van der Waals surface area contributed by atoms with Crippen LogP contribution in [0.15, 0.2) is 23.0 Å². The summed E-state index contributed by atoms with van der Waals surface area (Å²) in [6.07, 6.45) is 0.733. The lowest BCUT2D eigenvalue weighted by Gasteiger charge is -2.23. The number of ether oxygens (including phenoxy) is 1. The number of fused-ring (bicyclic) bond motifs is 1. The van der Waals surface area contributed by atoms with E-state index in [2.05, 4.69) is 4.98 Å². The fourth-order valence-electron chi connectivity index (χ4n) is 2.68.